The van der Waals surface area contributed by atoms with Gasteiger partial charge in [-0.25, -0.2) is 0 Å². The van der Waals surface area contributed by atoms with E-state index in [1.807, 2.05) is 0 Å². The second-order valence-corrected chi connectivity index (χ2v) is 11.0. The predicted molar refractivity (Wildman–Crippen MR) is 152 cm³/mol. The molecule has 2 heterocycles. The molecule has 10 atom stereocenters. The maximum absolute atomic E-state index is 12.5. The number of aliphatic hydroxyl groups excluding tert-OH is 7. The largest absolute Gasteiger partial charge is 0.456 e. The normalized spacial score (nSPS) is 33.9. The van der Waals surface area contributed by atoms with Crippen LogP contribution >= 0.6 is 0 Å². The smallest absolute Gasteiger partial charge is 0.306 e. The standard InChI is InChI=1S/C30H52O12/c1-2-3-4-5-6-7-8-9-10-11-12-13-14-15-16-17-22(33)41-28-24(35)21(19-32)40-30(27(28)38)42-29-26(37)25(36)23(34)20(18-31)39-29/h6-7,9-10,20-21,23-32,34-38H,2-5,8,11-19H2,1H3/t20-,21-,23-,24-,25+,26-,27-,28+,29-,30-/m1/s1. The van der Waals surface area contributed by atoms with E-state index < -0.39 is 80.6 Å². The van der Waals surface area contributed by atoms with Crippen LogP contribution in [0.5, 0.6) is 0 Å². The molecule has 2 aliphatic heterocycles. The van der Waals surface area contributed by atoms with Crippen molar-refractivity contribution < 1.29 is 59.5 Å². The van der Waals surface area contributed by atoms with Gasteiger partial charge in [-0.1, -0.05) is 63.3 Å². The summed E-state index contributed by atoms with van der Waals surface area (Å²) in [4.78, 5) is 12.5. The van der Waals surface area contributed by atoms with E-state index in [-0.39, 0.29) is 6.42 Å². The Labute approximate surface area is 248 Å². The van der Waals surface area contributed by atoms with Crippen molar-refractivity contribution in [3.63, 3.8) is 0 Å². The first kappa shape index (κ1) is 36.7. The summed E-state index contributed by atoms with van der Waals surface area (Å²) < 4.78 is 21.4. The molecule has 0 bridgehead atoms. The molecular weight excluding hydrogens is 552 g/mol. The first-order valence-electron chi connectivity index (χ1n) is 15.3. The highest BCUT2D eigenvalue weighted by Gasteiger charge is 2.51. The van der Waals surface area contributed by atoms with Crippen LogP contribution in [-0.2, 0) is 23.7 Å². The van der Waals surface area contributed by atoms with Gasteiger partial charge in [-0.3, -0.25) is 4.79 Å². The van der Waals surface area contributed by atoms with Gasteiger partial charge in [-0.15, -0.1) is 0 Å². The van der Waals surface area contributed by atoms with Crippen molar-refractivity contribution >= 4 is 5.97 Å². The van der Waals surface area contributed by atoms with Crippen LogP contribution in [0, 0.1) is 0 Å². The second-order valence-electron chi connectivity index (χ2n) is 11.0. The minimum absolute atomic E-state index is 0.0727. The van der Waals surface area contributed by atoms with Gasteiger partial charge in [0, 0.05) is 6.42 Å². The molecular formula is C30H52O12. The number of rotatable bonds is 19. The van der Waals surface area contributed by atoms with Crippen molar-refractivity contribution in [2.24, 2.45) is 0 Å². The molecule has 0 unspecified atom stereocenters. The van der Waals surface area contributed by atoms with Crippen LogP contribution in [0.4, 0.5) is 0 Å². The predicted octanol–water partition coefficient (Wildman–Crippen LogP) is 0.967. The average Bonchev–Trinajstić information content (AvgIpc) is 2.98. The van der Waals surface area contributed by atoms with E-state index in [0.717, 1.165) is 44.9 Å². The van der Waals surface area contributed by atoms with Gasteiger partial charge in [0.1, 0.15) is 42.7 Å². The van der Waals surface area contributed by atoms with Crippen LogP contribution in [0.3, 0.4) is 0 Å². The maximum atomic E-state index is 12.5. The van der Waals surface area contributed by atoms with Gasteiger partial charge in [-0.2, -0.15) is 0 Å². The quantitative estimate of drug-likeness (QED) is 0.0628. The van der Waals surface area contributed by atoms with Gasteiger partial charge in [0.05, 0.1) is 13.2 Å². The molecule has 0 aromatic rings. The maximum Gasteiger partial charge on any atom is 0.306 e. The fraction of sp³-hybridized carbons (Fsp3) is 0.833. The summed E-state index contributed by atoms with van der Waals surface area (Å²) >= 11 is 0. The molecule has 0 aliphatic carbocycles. The van der Waals surface area contributed by atoms with Gasteiger partial charge < -0.3 is 54.7 Å². The monoisotopic (exact) mass is 604 g/mol. The van der Waals surface area contributed by atoms with Crippen LogP contribution in [0.25, 0.3) is 0 Å². The zero-order valence-electron chi connectivity index (χ0n) is 24.7. The van der Waals surface area contributed by atoms with E-state index in [2.05, 4.69) is 31.2 Å². The SMILES string of the molecule is CCCCCC=CCC=CCCCCCCCC(=O)O[C@@H]1[C@@H](O)[C@@H](O[C@H]2O[C@H](CO)[C@@H](O)[C@H](O)[C@H]2O)O[C@H](CO)[C@H]1O. The van der Waals surface area contributed by atoms with Crippen molar-refractivity contribution in [2.75, 3.05) is 13.2 Å². The molecule has 42 heavy (non-hydrogen) atoms. The molecule has 0 radical (unpaired) electrons. The lowest BCUT2D eigenvalue weighted by Crippen LogP contribution is -2.64. The molecule has 0 spiro atoms. The first-order valence-corrected chi connectivity index (χ1v) is 15.3. The second kappa shape index (κ2) is 20.5. The molecule has 2 rings (SSSR count). The lowest BCUT2D eigenvalue weighted by atomic mass is 9.98. The number of esters is 1. The summed E-state index contributed by atoms with van der Waals surface area (Å²) in [5.41, 5.74) is 0. The number of carbonyl (C=O) groups excluding carboxylic acids is 1. The molecule has 244 valence electrons. The third-order valence-electron chi connectivity index (χ3n) is 7.54. The summed E-state index contributed by atoms with van der Waals surface area (Å²) in [6.45, 7) is 0.820. The fourth-order valence-electron chi connectivity index (χ4n) is 4.91. The Balaban J connectivity index is 1.71. The van der Waals surface area contributed by atoms with Crippen molar-refractivity contribution in [3.8, 4) is 0 Å². The summed E-state index contributed by atoms with van der Waals surface area (Å²) in [6.07, 6.45) is 4.54. The molecule has 12 nitrogen and oxygen atoms in total. The number of ether oxygens (including phenoxy) is 4. The highest BCUT2D eigenvalue weighted by atomic mass is 16.8. The molecule has 0 aromatic carbocycles. The summed E-state index contributed by atoms with van der Waals surface area (Å²) in [5.74, 6) is -0.644. The molecule has 12 heteroatoms. The minimum atomic E-state index is -1.77. The number of carbonyl (C=O) groups is 1. The van der Waals surface area contributed by atoms with Crippen LogP contribution in [0.2, 0.25) is 0 Å². The van der Waals surface area contributed by atoms with Crippen LogP contribution in [0.15, 0.2) is 24.3 Å². The Kier molecular flexibility index (Phi) is 17.9. The Morgan fingerprint density at radius 2 is 1.21 bits per heavy atom. The number of aliphatic hydroxyl groups is 7. The van der Waals surface area contributed by atoms with E-state index in [1.165, 1.54) is 19.3 Å². The molecule has 2 fully saturated rings. The molecule has 7 N–H and O–H groups in total. The lowest BCUT2D eigenvalue weighted by molar-refractivity contribution is -0.376. The zero-order chi connectivity index (χ0) is 30.9. The molecule has 0 aromatic heterocycles. The van der Waals surface area contributed by atoms with Crippen molar-refractivity contribution in [1.82, 2.24) is 0 Å². The number of unbranched alkanes of at least 4 members (excludes halogenated alkanes) is 8. The highest BCUT2D eigenvalue weighted by molar-refractivity contribution is 5.69. The molecule has 2 aliphatic rings. The van der Waals surface area contributed by atoms with E-state index >= 15 is 0 Å². The van der Waals surface area contributed by atoms with Crippen LogP contribution < -0.4 is 0 Å². The number of hydrogen-bond acceptors (Lipinski definition) is 12. The Morgan fingerprint density at radius 3 is 1.83 bits per heavy atom. The topological polar surface area (TPSA) is 196 Å². The highest BCUT2D eigenvalue weighted by Crippen LogP contribution is 2.29. The Morgan fingerprint density at radius 1 is 0.667 bits per heavy atom. The fourth-order valence-corrected chi connectivity index (χ4v) is 4.91. The minimum Gasteiger partial charge on any atom is -0.456 e. The van der Waals surface area contributed by atoms with Crippen molar-refractivity contribution in [1.29, 1.82) is 0 Å². The van der Waals surface area contributed by atoms with Crippen LogP contribution in [0.1, 0.15) is 84.0 Å². The third kappa shape index (κ3) is 11.9. The molecule has 0 saturated carbocycles. The Bertz CT molecular complexity index is 790. The van der Waals surface area contributed by atoms with Gasteiger partial charge >= 0.3 is 5.97 Å². The zero-order valence-corrected chi connectivity index (χ0v) is 24.7. The third-order valence-corrected chi connectivity index (χ3v) is 7.54. The first-order chi connectivity index (χ1) is 20.2. The van der Waals surface area contributed by atoms with E-state index in [1.54, 1.807) is 0 Å². The summed E-state index contributed by atoms with van der Waals surface area (Å²) in [6, 6.07) is 0. The van der Waals surface area contributed by atoms with Crippen molar-refractivity contribution in [3.05, 3.63) is 24.3 Å². The van der Waals surface area contributed by atoms with Crippen LogP contribution in [-0.4, -0.2) is 116 Å². The number of hydrogen-bond donors (Lipinski definition) is 7. The van der Waals surface area contributed by atoms with Crippen molar-refractivity contribution in [2.45, 2.75) is 145 Å². The lowest BCUT2D eigenvalue weighted by Gasteiger charge is -2.45. The van der Waals surface area contributed by atoms with Gasteiger partial charge in [0.25, 0.3) is 0 Å². The summed E-state index contributed by atoms with van der Waals surface area (Å²) in [5, 5.41) is 70.4. The van der Waals surface area contributed by atoms with Gasteiger partial charge in [0.2, 0.25) is 0 Å². The Hall–Kier alpha value is -1.45. The summed E-state index contributed by atoms with van der Waals surface area (Å²) in [7, 11) is 0. The van der Waals surface area contributed by atoms with E-state index in [4.69, 9.17) is 18.9 Å². The van der Waals surface area contributed by atoms with E-state index in [0.29, 0.717) is 6.42 Å². The van der Waals surface area contributed by atoms with E-state index in [9.17, 15) is 40.5 Å². The number of allylic oxidation sites excluding steroid dienone is 4. The molecule has 0 amide bonds. The van der Waals surface area contributed by atoms with Gasteiger partial charge in [0.15, 0.2) is 18.7 Å². The van der Waals surface area contributed by atoms with Gasteiger partial charge in [-0.05, 0) is 38.5 Å². The average molecular weight is 605 g/mol. The molecule has 2 saturated heterocycles.